The maximum atomic E-state index is 13.4. The molecule has 5 nitrogen and oxygen atoms in total. The van der Waals surface area contributed by atoms with Crippen LogP contribution in [-0.4, -0.2) is 13.6 Å². The van der Waals surface area contributed by atoms with Crippen LogP contribution in [-0.2, 0) is 10.0 Å². The number of halogens is 1. The second kappa shape index (κ2) is 3.69. The van der Waals surface area contributed by atoms with E-state index in [2.05, 4.69) is 9.68 Å². The topological polar surface area (TPSA) is 86.2 Å². The van der Waals surface area contributed by atoms with Gasteiger partial charge in [-0.25, -0.2) is 17.9 Å². The lowest BCUT2D eigenvalue weighted by atomic mass is 10.1. The van der Waals surface area contributed by atoms with E-state index in [9.17, 15) is 12.8 Å². The van der Waals surface area contributed by atoms with Crippen LogP contribution in [0.5, 0.6) is 0 Å². The zero-order chi connectivity index (χ0) is 11.8. The number of hydrogen-bond donors (Lipinski definition) is 1. The Hall–Kier alpha value is -1.73. The van der Waals surface area contributed by atoms with Crippen LogP contribution in [0.4, 0.5) is 4.39 Å². The zero-order valence-corrected chi connectivity index (χ0v) is 8.74. The summed E-state index contributed by atoms with van der Waals surface area (Å²) >= 11 is 0. The highest BCUT2D eigenvalue weighted by molar-refractivity contribution is 7.89. The van der Waals surface area contributed by atoms with E-state index in [1.54, 1.807) is 0 Å². The molecular weight excluding hydrogens is 235 g/mol. The van der Waals surface area contributed by atoms with Crippen LogP contribution in [0.15, 0.2) is 39.9 Å². The molecule has 1 aromatic carbocycles. The number of nitrogens with zero attached hydrogens (tertiary/aromatic N) is 1. The summed E-state index contributed by atoms with van der Waals surface area (Å²) in [7, 11) is -4.04. The van der Waals surface area contributed by atoms with Crippen LogP contribution in [0.3, 0.4) is 0 Å². The third kappa shape index (κ3) is 1.95. The Labute approximate surface area is 90.7 Å². The third-order valence-corrected chi connectivity index (χ3v) is 2.92. The number of aromatic nitrogens is 1. The van der Waals surface area contributed by atoms with E-state index in [1.165, 1.54) is 18.4 Å². The summed E-state index contributed by atoms with van der Waals surface area (Å²) in [5.41, 5.74) is 0.832. The van der Waals surface area contributed by atoms with E-state index >= 15 is 0 Å². The van der Waals surface area contributed by atoms with Crippen LogP contribution in [0.2, 0.25) is 0 Å². The van der Waals surface area contributed by atoms with Gasteiger partial charge < -0.3 is 4.52 Å². The smallest absolute Gasteiger partial charge is 0.240 e. The summed E-state index contributed by atoms with van der Waals surface area (Å²) in [6.07, 6.45) is 1.33. The number of sulfonamides is 1. The maximum absolute atomic E-state index is 13.4. The predicted octanol–water partition coefficient (Wildman–Crippen LogP) is 1.13. The fourth-order valence-electron chi connectivity index (χ4n) is 1.25. The van der Waals surface area contributed by atoms with Gasteiger partial charge in [0.1, 0.15) is 22.7 Å². The second-order valence-electron chi connectivity index (χ2n) is 3.07. The molecule has 0 spiro atoms. The van der Waals surface area contributed by atoms with Crippen LogP contribution in [0, 0.1) is 5.82 Å². The van der Waals surface area contributed by atoms with Gasteiger partial charge in [-0.05, 0) is 12.1 Å². The summed E-state index contributed by atoms with van der Waals surface area (Å²) in [4.78, 5) is -0.542. The van der Waals surface area contributed by atoms with Crippen molar-refractivity contribution >= 4 is 10.0 Å². The van der Waals surface area contributed by atoms with Crippen molar-refractivity contribution < 1.29 is 17.3 Å². The van der Waals surface area contributed by atoms with Crippen molar-refractivity contribution in [2.45, 2.75) is 4.90 Å². The molecule has 1 aromatic heterocycles. The van der Waals surface area contributed by atoms with E-state index < -0.39 is 20.7 Å². The lowest BCUT2D eigenvalue weighted by molar-refractivity contribution is 0.422. The van der Waals surface area contributed by atoms with Gasteiger partial charge >= 0.3 is 0 Å². The van der Waals surface area contributed by atoms with Gasteiger partial charge in [0.15, 0.2) is 0 Å². The average molecular weight is 242 g/mol. The summed E-state index contributed by atoms with van der Waals surface area (Å²) < 4.78 is 39.9. The summed E-state index contributed by atoms with van der Waals surface area (Å²) in [5, 5.41) is 8.42. The molecule has 0 radical (unpaired) electrons. The maximum Gasteiger partial charge on any atom is 0.240 e. The molecule has 0 saturated heterocycles. The first-order valence-electron chi connectivity index (χ1n) is 4.21. The summed E-state index contributed by atoms with van der Waals surface area (Å²) in [5.74, 6) is -0.914. The Morgan fingerprint density at radius 1 is 1.31 bits per heavy atom. The van der Waals surface area contributed by atoms with E-state index in [0.29, 0.717) is 11.3 Å². The SMILES string of the molecule is NS(=O)(=O)c1ccc(-c2ccon2)cc1F. The van der Waals surface area contributed by atoms with Crippen molar-refractivity contribution in [3.05, 3.63) is 36.3 Å². The van der Waals surface area contributed by atoms with Gasteiger partial charge in [0.2, 0.25) is 10.0 Å². The van der Waals surface area contributed by atoms with Crippen LogP contribution >= 0.6 is 0 Å². The number of benzene rings is 1. The highest BCUT2D eigenvalue weighted by atomic mass is 32.2. The van der Waals surface area contributed by atoms with Crippen molar-refractivity contribution in [3.8, 4) is 11.3 Å². The highest BCUT2D eigenvalue weighted by Crippen LogP contribution is 2.21. The Kier molecular flexibility index (Phi) is 2.49. The molecular formula is C9H7FN2O3S. The van der Waals surface area contributed by atoms with E-state index in [1.807, 2.05) is 0 Å². The minimum absolute atomic E-state index is 0.415. The molecule has 0 bridgehead atoms. The van der Waals surface area contributed by atoms with E-state index in [0.717, 1.165) is 12.1 Å². The first kappa shape index (κ1) is 10.8. The fraction of sp³-hybridized carbons (Fsp3) is 0. The lowest BCUT2D eigenvalue weighted by Crippen LogP contribution is -2.13. The minimum Gasteiger partial charge on any atom is -0.364 e. The molecule has 0 saturated carbocycles. The van der Waals surface area contributed by atoms with Gasteiger partial charge in [-0.1, -0.05) is 11.2 Å². The minimum atomic E-state index is -4.04. The molecule has 7 heteroatoms. The predicted molar refractivity (Wildman–Crippen MR) is 53.3 cm³/mol. The van der Waals surface area contributed by atoms with Gasteiger partial charge in [-0.3, -0.25) is 0 Å². The molecule has 2 N–H and O–H groups in total. The molecule has 0 amide bonds. The molecule has 2 rings (SSSR count). The number of rotatable bonds is 2. The molecule has 2 aromatic rings. The van der Waals surface area contributed by atoms with Gasteiger partial charge in [0.25, 0.3) is 0 Å². The number of nitrogens with two attached hydrogens (primary N) is 1. The molecule has 0 atom stereocenters. The highest BCUT2D eigenvalue weighted by Gasteiger charge is 2.15. The molecule has 0 aliphatic carbocycles. The number of primary sulfonamides is 1. The normalized spacial score (nSPS) is 11.6. The molecule has 0 fully saturated rings. The van der Waals surface area contributed by atoms with Crippen molar-refractivity contribution in [1.29, 1.82) is 0 Å². The third-order valence-electron chi connectivity index (χ3n) is 1.97. The van der Waals surface area contributed by atoms with Crippen molar-refractivity contribution in [2.24, 2.45) is 5.14 Å². The summed E-state index contributed by atoms with van der Waals surface area (Å²) in [6.45, 7) is 0. The van der Waals surface area contributed by atoms with E-state index in [-0.39, 0.29) is 0 Å². The second-order valence-corrected chi connectivity index (χ2v) is 4.60. The Bertz CT molecular complexity index is 608. The average Bonchev–Trinajstić information content (AvgIpc) is 2.68. The van der Waals surface area contributed by atoms with Gasteiger partial charge in [0.05, 0.1) is 0 Å². The van der Waals surface area contributed by atoms with Gasteiger partial charge in [-0.2, -0.15) is 0 Å². The Balaban J connectivity index is 2.53. The quantitative estimate of drug-likeness (QED) is 0.855. The molecule has 0 aliphatic heterocycles. The monoisotopic (exact) mass is 242 g/mol. The van der Waals surface area contributed by atoms with Gasteiger partial charge in [0, 0.05) is 11.6 Å². The molecule has 84 valence electrons. The van der Waals surface area contributed by atoms with Crippen LogP contribution in [0.25, 0.3) is 11.3 Å². The first-order valence-corrected chi connectivity index (χ1v) is 5.76. The summed E-state index contributed by atoms with van der Waals surface area (Å²) in [6, 6.07) is 5.07. The largest absolute Gasteiger partial charge is 0.364 e. The van der Waals surface area contributed by atoms with Crippen LogP contribution < -0.4 is 5.14 Å². The Morgan fingerprint density at radius 3 is 2.56 bits per heavy atom. The molecule has 1 heterocycles. The molecule has 0 unspecified atom stereocenters. The van der Waals surface area contributed by atoms with E-state index in [4.69, 9.17) is 5.14 Å². The number of hydrogen-bond acceptors (Lipinski definition) is 4. The Morgan fingerprint density at radius 2 is 2.06 bits per heavy atom. The first-order chi connectivity index (χ1) is 7.48. The van der Waals surface area contributed by atoms with Crippen LogP contribution in [0.1, 0.15) is 0 Å². The van der Waals surface area contributed by atoms with Crippen molar-refractivity contribution in [1.82, 2.24) is 5.16 Å². The fourth-order valence-corrected chi connectivity index (χ4v) is 1.84. The van der Waals surface area contributed by atoms with Crippen molar-refractivity contribution in [2.75, 3.05) is 0 Å². The molecule has 16 heavy (non-hydrogen) atoms. The van der Waals surface area contributed by atoms with Crippen molar-refractivity contribution in [3.63, 3.8) is 0 Å². The van der Waals surface area contributed by atoms with Gasteiger partial charge in [-0.15, -0.1) is 0 Å². The lowest BCUT2D eigenvalue weighted by Gasteiger charge is -2.01. The zero-order valence-electron chi connectivity index (χ0n) is 7.92. The molecule has 0 aliphatic rings. The standard InChI is InChI=1S/C9H7FN2O3S/c10-7-5-6(8-3-4-15-12-8)1-2-9(7)16(11,13)14/h1-5H,(H2,11,13,14).